The zero-order chi connectivity index (χ0) is 21.6. The van der Waals surface area contributed by atoms with Crippen molar-refractivity contribution >= 4 is 28.4 Å². The summed E-state index contributed by atoms with van der Waals surface area (Å²) < 4.78 is 5.87. The number of carbonyl (C=O) groups excluding carboxylic acids is 2. The van der Waals surface area contributed by atoms with Crippen molar-refractivity contribution in [3.63, 3.8) is 0 Å². The fourth-order valence-corrected chi connectivity index (χ4v) is 3.77. The van der Waals surface area contributed by atoms with Gasteiger partial charge in [-0.3, -0.25) is 19.5 Å². The van der Waals surface area contributed by atoms with Crippen molar-refractivity contribution in [3.05, 3.63) is 71.9 Å². The Morgan fingerprint density at radius 1 is 1.10 bits per heavy atom. The molecule has 0 aliphatic carbocycles. The van der Waals surface area contributed by atoms with Crippen LogP contribution in [0.3, 0.4) is 0 Å². The van der Waals surface area contributed by atoms with Gasteiger partial charge < -0.3 is 15.4 Å². The first-order valence-electron chi connectivity index (χ1n) is 10.4. The average Bonchev–Trinajstić information content (AvgIpc) is 2.79. The number of morpholine rings is 1. The molecule has 1 unspecified atom stereocenters. The van der Waals surface area contributed by atoms with E-state index >= 15 is 0 Å². The van der Waals surface area contributed by atoms with Crippen LogP contribution in [-0.4, -0.2) is 54.5 Å². The summed E-state index contributed by atoms with van der Waals surface area (Å²) in [5.41, 5.74) is 3.28. The first kappa shape index (κ1) is 21.0. The number of benzene rings is 2. The van der Waals surface area contributed by atoms with E-state index in [1.165, 1.54) is 0 Å². The summed E-state index contributed by atoms with van der Waals surface area (Å²) in [6, 6.07) is 19.4. The molecule has 1 aliphatic heterocycles. The molecule has 1 aliphatic rings. The zero-order valence-corrected chi connectivity index (χ0v) is 17.5. The smallest absolute Gasteiger partial charge is 0.313 e. The van der Waals surface area contributed by atoms with Crippen molar-refractivity contribution in [1.29, 1.82) is 0 Å². The highest BCUT2D eigenvalue weighted by molar-refractivity contribution is 6.40. The van der Waals surface area contributed by atoms with Gasteiger partial charge in [-0.1, -0.05) is 48.5 Å². The van der Waals surface area contributed by atoms with Crippen LogP contribution >= 0.6 is 0 Å². The van der Waals surface area contributed by atoms with E-state index in [-0.39, 0.29) is 6.10 Å². The Balaban J connectivity index is 1.29. The van der Waals surface area contributed by atoms with Gasteiger partial charge in [0.25, 0.3) is 0 Å². The van der Waals surface area contributed by atoms with Gasteiger partial charge >= 0.3 is 11.8 Å². The van der Waals surface area contributed by atoms with Crippen LogP contribution in [0.1, 0.15) is 17.4 Å². The van der Waals surface area contributed by atoms with Gasteiger partial charge in [-0.25, -0.2) is 0 Å². The molecular formula is C24H26N4O3. The Labute approximate surface area is 181 Å². The van der Waals surface area contributed by atoms with Crippen LogP contribution in [0.2, 0.25) is 0 Å². The summed E-state index contributed by atoms with van der Waals surface area (Å²) in [5, 5.41) is 6.24. The Kier molecular flexibility index (Phi) is 6.54. The highest BCUT2D eigenvalue weighted by Gasteiger charge is 2.22. The number of ether oxygens (including phenoxy) is 1. The molecule has 2 aromatic carbocycles. The molecule has 31 heavy (non-hydrogen) atoms. The number of hydrogen-bond acceptors (Lipinski definition) is 5. The van der Waals surface area contributed by atoms with Crippen LogP contribution in [0.25, 0.3) is 10.9 Å². The normalized spacial score (nSPS) is 16.7. The molecule has 2 heterocycles. The summed E-state index contributed by atoms with van der Waals surface area (Å²) in [6.45, 7) is 5.10. The van der Waals surface area contributed by atoms with Crippen LogP contribution in [0, 0.1) is 6.92 Å². The Morgan fingerprint density at radius 3 is 2.71 bits per heavy atom. The van der Waals surface area contributed by atoms with Crippen molar-refractivity contribution < 1.29 is 14.3 Å². The third kappa shape index (κ3) is 5.25. The molecule has 0 radical (unpaired) electrons. The highest BCUT2D eigenvalue weighted by atomic mass is 16.5. The molecule has 7 heteroatoms. The molecule has 4 rings (SSSR count). The third-order valence-electron chi connectivity index (χ3n) is 5.33. The van der Waals surface area contributed by atoms with Gasteiger partial charge in [0.05, 0.1) is 23.9 Å². The second-order valence-electron chi connectivity index (χ2n) is 7.61. The molecule has 1 aromatic heterocycles. The molecule has 0 bridgehead atoms. The molecule has 1 atom stereocenters. The molecular weight excluding hydrogens is 392 g/mol. The predicted octanol–water partition coefficient (Wildman–Crippen LogP) is 2.67. The summed E-state index contributed by atoms with van der Waals surface area (Å²) in [6.07, 6.45) is 0.0251. The van der Waals surface area contributed by atoms with Crippen molar-refractivity contribution in [1.82, 2.24) is 15.2 Å². The fraction of sp³-hybridized carbons (Fsp3) is 0.292. The quantitative estimate of drug-likeness (QED) is 0.623. The molecule has 0 saturated carbocycles. The van der Waals surface area contributed by atoms with Crippen LogP contribution in [0.4, 0.5) is 5.69 Å². The third-order valence-corrected chi connectivity index (χ3v) is 5.33. The van der Waals surface area contributed by atoms with E-state index in [0.29, 0.717) is 25.4 Å². The first-order valence-corrected chi connectivity index (χ1v) is 10.4. The molecule has 2 amide bonds. The number of fused-ring (bicyclic) bond motifs is 1. The molecule has 3 aromatic rings. The SMILES string of the molecule is Cc1cc(NC(=O)C(=O)NCCN2CCOC(c3ccccc3)C2)c2ccccc2n1. The van der Waals surface area contributed by atoms with E-state index in [9.17, 15) is 9.59 Å². The van der Waals surface area contributed by atoms with Gasteiger partial charge in [-0.15, -0.1) is 0 Å². The van der Waals surface area contributed by atoms with Crippen LogP contribution in [-0.2, 0) is 14.3 Å². The summed E-state index contributed by atoms with van der Waals surface area (Å²) in [7, 11) is 0. The molecule has 2 N–H and O–H groups in total. The molecule has 1 saturated heterocycles. The fourth-order valence-electron chi connectivity index (χ4n) is 3.77. The second-order valence-corrected chi connectivity index (χ2v) is 7.61. The van der Waals surface area contributed by atoms with E-state index in [0.717, 1.165) is 35.2 Å². The number of rotatable bonds is 5. The van der Waals surface area contributed by atoms with Gasteiger partial charge in [0.2, 0.25) is 0 Å². The van der Waals surface area contributed by atoms with Gasteiger partial charge in [0, 0.05) is 37.3 Å². The number of para-hydroxylation sites is 1. The lowest BCUT2D eigenvalue weighted by Gasteiger charge is -2.33. The Morgan fingerprint density at radius 2 is 1.87 bits per heavy atom. The van der Waals surface area contributed by atoms with Crippen molar-refractivity contribution in [2.75, 3.05) is 38.1 Å². The van der Waals surface area contributed by atoms with Crippen molar-refractivity contribution in [2.45, 2.75) is 13.0 Å². The maximum atomic E-state index is 12.4. The number of hydrogen-bond donors (Lipinski definition) is 2. The summed E-state index contributed by atoms with van der Waals surface area (Å²) in [4.78, 5) is 31.4. The molecule has 1 fully saturated rings. The minimum atomic E-state index is -0.681. The molecule has 7 nitrogen and oxygen atoms in total. The number of carbonyl (C=O) groups is 2. The maximum Gasteiger partial charge on any atom is 0.313 e. The van der Waals surface area contributed by atoms with Crippen LogP contribution in [0.15, 0.2) is 60.7 Å². The minimum Gasteiger partial charge on any atom is -0.371 e. The topological polar surface area (TPSA) is 83.6 Å². The van der Waals surface area contributed by atoms with Gasteiger partial charge in [0.1, 0.15) is 0 Å². The molecule has 160 valence electrons. The van der Waals surface area contributed by atoms with Crippen molar-refractivity contribution in [2.24, 2.45) is 0 Å². The van der Waals surface area contributed by atoms with Crippen LogP contribution < -0.4 is 10.6 Å². The minimum absolute atomic E-state index is 0.0251. The number of nitrogens with one attached hydrogen (secondary N) is 2. The molecule has 0 spiro atoms. The Bertz CT molecular complexity index is 1070. The monoisotopic (exact) mass is 418 g/mol. The van der Waals surface area contributed by atoms with Gasteiger partial charge in [-0.2, -0.15) is 0 Å². The van der Waals surface area contributed by atoms with Crippen LogP contribution in [0.5, 0.6) is 0 Å². The highest BCUT2D eigenvalue weighted by Crippen LogP contribution is 2.23. The lowest BCUT2D eigenvalue weighted by atomic mass is 10.1. The standard InChI is InChI=1S/C24H26N4O3/c1-17-15-21(19-9-5-6-10-20(19)26-17)27-24(30)23(29)25-11-12-28-13-14-31-22(16-28)18-7-3-2-4-8-18/h2-10,15,22H,11-14,16H2,1H3,(H,25,29)(H,26,27,30). The first-order chi connectivity index (χ1) is 15.1. The maximum absolute atomic E-state index is 12.4. The zero-order valence-electron chi connectivity index (χ0n) is 17.5. The summed E-state index contributed by atoms with van der Waals surface area (Å²) in [5.74, 6) is -1.33. The number of aromatic nitrogens is 1. The number of anilines is 1. The van der Waals surface area contributed by atoms with E-state index in [4.69, 9.17) is 4.74 Å². The summed E-state index contributed by atoms with van der Waals surface area (Å²) >= 11 is 0. The number of nitrogens with zero attached hydrogens (tertiary/aromatic N) is 2. The van der Waals surface area contributed by atoms with E-state index in [1.807, 2.05) is 49.4 Å². The van der Waals surface area contributed by atoms with E-state index < -0.39 is 11.8 Å². The lowest BCUT2D eigenvalue weighted by molar-refractivity contribution is -0.136. The second kappa shape index (κ2) is 9.68. The average molecular weight is 418 g/mol. The number of amides is 2. The predicted molar refractivity (Wildman–Crippen MR) is 120 cm³/mol. The Hall–Kier alpha value is -3.29. The number of aryl methyl sites for hydroxylation is 1. The van der Waals surface area contributed by atoms with E-state index in [1.54, 1.807) is 6.07 Å². The number of pyridine rings is 1. The van der Waals surface area contributed by atoms with E-state index in [2.05, 4.69) is 32.7 Å². The largest absolute Gasteiger partial charge is 0.371 e. The van der Waals surface area contributed by atoms with Gasteiger partial charge in [0.15, 0.2) is 0 Å². The lowest BCUT2D eigenvalue weighted by Crippen LogP contribution is -2.44. The van der Waals surface area contributed by atoms with Gasteiger partial charge in [-0.05, 0) is 24.6 Å². The van der Waals surface area contributed by atoms with Crippen molar-refractivity contribution in [3.8, 4) is 0 Å².